The molecule has 1 aliphatic rings. The van der Waals surface area contributed by atoms with Crippen LogP contribution in [0.3, 0.4) is 0 Å². The van der Waals surface area contributed by atoms with Crippen molar-refractivity contribution in [3.63, 3.8) is 0 Å². The summed E-state index contributed by atoms with van der Waals surface area (Å²) in [7, 11) is 1.93. The highest BCUT2D eigenvalue weighted by atomic mass is 32.1. The number of nitrogens with one attached hydrogen (secondary N) is 1. The van der Waals surface area contributed by atoms with Gasteiger partial charge < -0.3 is 14.0 Å². The first kappa shape index (κ1) is 19.1. The minimum Gasteiger partial charge on any atom is -0.343 e. The standard InChI is InChI=1S/C20H25N5OS2/c1-13-10-17(14(2)25(13)12-16-7-5-9-28-16)19(26)24-8-4-6-15(11-24)18-21-22-20(27)23(18)3/h5,7,9-10,15H,4,6,8,11-12H2,1-3H3,(H,22,27). The molecule has 0 saturated carbocycles. The summed E-state index contributed by atoms with van der Waals surface area (Å²) in [6.07, 6.45) is 2.00. The molecule has 0 aliphatic carbocycles. The third kappa shape index (κ3) is 3.46. The maximum absolute atomic E-state index is 13.3. The summed E-state index contributed by atoms with van der Waals surface area (Å²) in [5.74, 6) is 1.27. The molecule has 148 valence electrons. The number of carbonyl (C=O) groups is 1. The van der Waals surface area contributed by atoms with Crippen LogP contribution in [0, 0.1) is 18.6 Å². The van der Waals surface area contributed by atoms with Crippen LogP contribution in [0.2, 0.25) is 0 Å². The van der Waals surface area contributed by atoms with Crippen LogP contribution in [0.4, 0.5) is 0 Å². The van der Waals surface area contributed by atoms with Crippen LogP contribution in [0.25, 0.3) is 0 Å². The van der Waals surface area contributed by atoms with Crippen LogP contribution >= 0.6 is 23.6 Å². The second-order valence-electron chi connectivity index (χ2n) is 7.49. The number of likely N-dealkylation sites (tertiary alicyclic amines) is 1. The van der Waals surface area contributed by atoms with Crippen molar-refractivity contribution in [3.8, 4) is 0 Å². The Morgan fingerprint density at radius 2 is 2.25 bits per heavy atom. The van der Waals surface area contributed by atoms with Crippen molar-refractivity contribution in [3.05, 3.63) is 56.0 Å². The van der Waals surface area contributed by atoms with Gasteiger partial charge in [0.1, 0.15) is 5.82 Å². The Hall–Kier alpha value is -2.19. The monoisotopic (exact) mass is 415 g/mol. The molecule has 3 aromatic heterocycles. The van der Waals surface area contributed by atoms with E-state index in [2.05, 4.69) is 39.2 Å². The van der Waals surface area contributed by atoms with Crippen LogP contribution in [0.5, 0.6) is 0 Å². The van der Waals surface area contributed by atoms with E-state index < -0.39 is 0 Å². The number of rotatable bonds is 4. The number of amides is 1. The lowest BCUT2D eigenvalue weighted by molar-refractivity contribution is 0.0702. The van der Waals surface area contributed by atoms with Crippen LogP contribution in [0.1, 0.15) is 51.2 Å². The third-order valence-electron chi connectivity index (χ3n) is 5.69. The van der Waals surface area contributed by atoms with E-state index in [4.69, 9.17) is 12.2 Å². The number of aromatic amines is 1. The molecule has 3 aromatic rings. The molecule has 6 nitrogen and oxygen atoms in total. The van der Waals surface area contributed by atoms with E-state index in [1.165, 1.54) is 4.88 Å². The average Bonchev–Trinajstić information content (AvgIpc) is 3.39. The minimum absolute atomic E-state index is 0.118. The summed E-state index contributed by atoms with van der Waals surface area (Å²) < 4.78 is 4.77. The van der Waals surface area contributed by atoms with Gasteiger partial charge in [-0.15, -0.1) is 11.3 Å². The topological polar surface area (TPSA) is 58.9 Å². The smallest absolute Gasteiger partial charge is 0.255 e. The summed E-state index contributed by atoms with van der Waals surface area (Å²) in [6.45, 7) is 6.41. The summed E-state index contributed by atoms with van der Waals surface area (Å²) in [4.78, 5) is 16.6. The number of aromatic nitrogens is 4. The zero-order valence-corrected chi connectivity index (χ0v) is 18.1. The molecule has 0 spiro atoms. The summed E-state index contributed by atoms with van der Waals surface area (Å²) in [5, 5.41) is 9.34. The Kier molecular flexibility index (Phi) is 5.25. The predicted octanol–water partition coefficient (Wildman–Crippen LogP) is 4.03. The number of carbonyl (C=O) groups excluding carboxylic acids is 1. The van der Waals surface area contributed by atoms with Gasteiger partial charge >= 0.3 is 0 Å². The Labute approximate surface area is 173 Å². The maximum Gasteiger partial charge on any atom is 0.255 e. The van der Waals surface area contributed by atoms with Crippen LogP contribution < -0.4 is 0 Å². The zero-order valence-electron chi connectivity index (χ0n) is 16.4. The van der Waals surface area contributed by atoms with E-state index >= 15 is 0 Å². The average molecular weight is 416 g/mol. The number of thiophene rings is 1. The number of piperidine rings is 1. The van der Waals surface area contributed by atoms with Gasteiger partial charge in [0.25, 0.3) is 5.91 Å². The van der Waals surface area contributed by atoms with Gasteiger partial charge in [-0.2, -0.15) is 5.10 Å². The molecule has 1 unspecified atom stereocenters. The van der Waals surface area contributed by atoms with E-state index in [-0.39, 0.29) is 11.8 Å². The second kappa shape index (κ2) is 7.67. The summed E-state index contributed by atoms with van der Waals surface area (Å²) in [5.41, 5.74) is 2.97. The van der Waals surface area contributed by atoms with Gasteiger partial charge in [-0.1, -0.05) is 6.07 Å². The quantitative estimate of drug-likeness (QED) is 0.655. The van der Waals surface area contributed by atoms with Crippen molar-refractivity contribution < 1.29 is 4.79 Å². The normalized spacial score (nSPS) is 17.2. The number of nitrogens with zero attached hydrogens (tertiary/aromatic N) is 4. The highest BCUT2D eigenvalue weighted by molar-refractivity contribution is 7.71. The van der Waals surface area contributed by atoms with Gasteiger partial charge in [-0.25, -0.2) is 0 Å². The van der Waals surface area contributed by atoms with E-state index in [1.807, 2.05) is 29.5 Å². The molecule has 0 aromatic carbocycles. The first-order valence-electron chi connectivity index (χ1n) is 9.55. The van der Waals surface area contributed by atoms with E-state index in [9.17, 15) is 4.79 Å². The molecule has 1 N–H and O–H groups in total. The lowest BCUT2D eigenvalue weighted by Crippen LogP contribution is -2.39. The molecule has 4 heterocycles. The van der Waals surface area contributed by atoms with Gasteiger partial charge in [0, 0.05) is 42.3 Å². The first-order valence-corrected chi connectivity index (χ1v) is 10.8. The SMILES string of the molecule is Cc1cc(C(=O)N2CCCC(c3n[nH]c(=S)n3C)C2)c(C)n1Cc1cccs1. The lowest BCUT2D eigenvalue weighted by Gasteiger charge is -2.32. The Bertz CT molecular complexity index is 1040. The largest absolute Gasteiger partial charge is 0.343 e. The fraction of sp³-hybridized carbons (Fsp3) is 0.450. The Morgan fingerprint density at radius 1 is 1.43 bits per heavy atom. The zero-order chi connectivity index (χ0) is 19.8. The van der Waals surface area contributed by atoms with Gasteiger partial charge in [0.05, 0.1) is 12.1 Å². The predicted molar refractivity (Wildman–Crippen MR) is 114 cm³/mol. The van der Waals surface area contributed by atoms with Crippen LogP contribution in [-0.2, 0) is 13.6 Å². The van der Waals surface area contributed by atoms with E-state index in [0.717, 1.165) is 48.7 Å². The molecular formula is C20H25N5OS2. The van der Waals surface area contributed by atoms with Crippen molar-refractivity contribution in [1.82, 2.24) is 24.2 Å². The molecule has 1 atom stereocenters. The lowest BCUT2D eigenvalue weighted by atomic mass is 9.96. The van der Waals surface area contributed by atoms with Crippen molar-refractivity contribution >= 4 is 29.5 Å². The summed E-state index contributed by atoms with van der Waals surface area (Å²) in [6, 6.07) is 6.24. The highest BCUT2D eigenvalue weighted by Crippen LogP contribution is 2.28. The Morgan fingerprint density at radius 3 is 2.93 bits per heavy atom. The fourth-order valence-electron chi connectivity index (χ4n) is 4.09. The molecule has 0 bridgehead atoms. The number of hydrogen-bond acceptors (Lipinski definition) is 4. The van der Waals surface area contributed by atoms with Crippen molar-refractivity contribution in [2.24, 2.45) is 7.05 Å². The van der Waals surface area contributed by atoms with Crippen molar-refractivity contribution in [2.45, 2.75) is 39.2 Å². The molecule has 1 amide bonds. The molecule has 0 radical (unpaired) electrons. The van der Waals surface area contributed by atoms with Gasteiger partial charge in [-0.3, -0.25) is 9.89 Å². The van der Waals surface area contributed by atoms with Gasteiger partial charge in [-0.05, 0) is 56.4 Å². The number of H-pyrrole nitrogens is 1. The van der Waals surface area contributed by atoms with E-state index in [0.29, 0.717) is 11.3 Å². The van der Waals surface area contributed by atoms with Gasteiger partial charge in [0.2, 0.25) is 0 Å². The molecule has 1 aliphatic heterocycles. The first-order chi connectivity index (χ1) is 13.5. The number of aryl methyl sites for hydroxylation is 1. The van der Waals surface area contributed by atoms with Crippen molar-refractivity contribution in [1.29, 1.82) is 0 Å². The van der Waals surface area contributed by atoms with Crippen molar-refractivity contribution in [2.75, 3.05) is 13.1 Å². The fourth-order valence-corrected chi connectivity index (χ4v) is 4.92. The summed E-state index contributed by atoms with van der Waals surface area (Å²) >= 11 is 6.99. The maximum atomic E-state index is 13.3. The minimum atomic E-state index is 0.118. The van der Waals surface area contributed by atoms with E-state index in [1.54, 1.807) is 11.3 Å². The van der Waals surface area contributed by atoms with Crippen LogP contribution in [0.15, 0.2) is 23.6 Å². The van der Waals surface area contributed by atoms with Gasteiger partial charge in [0.15, 0.2) is 4.77 Å². The molecule has 28 heavy (non-hydrogen) atoms. The second-order valence-corrected chi connectivity index (χ2v) is 8.91. The number of hydrogen-bond donors (Lipinski definition) is 1. The highest BCUT2D eigenvalue weighted by Gasteiger charge is 2.29. The third-order valence-corrected chi connectivity index (χ3v) is 6.91. The molecule has 1 fully saturated rings. The molecule has 1 saturated heterocycles. The molecule has 8 heteroatoms. The Balaban J connectivity index is 1.56. The molecular weight excluding hydrogens is 390 g/mol. The molecule has 4 rings (SSSR count). The van der Waals surface area contributed by atoms with Crippen LogP contribution in [-0.4, -0.2) is 43.2 Å².